The predicted molar refractivity (Wildman–Crippen MR) is 86.8 cm³/mol. The molecule has 138 valence electrons. The topological polar surface area (TPSA) is 81.2 Å². The van der Waals surface area contributed by atoms with Crippen LogP contribution in [0.3, 0.4) is 0 Å². The zero-order valence-electron chi connectivity index (χ0n) is 14.1. The number of nitrogens with zero attached hydrogens (tertiary/aromatic N) is 2. The second-order valence-electron chi connectivity index (χ2n) is 5.31. The number of pyridine rings is 2. The van der Waals surface area contributed by atoms with E-state index in [9.17, 15) is 22.8 Å². The van der Waals surface area contributed by atoms with Crippen LogP contribution < -0.4 is 5.32 Å². The molecule has 0 atom stereocenters. The highest BCUT2D eigenvalue weighted by molar-refractivity contribution is 6.08. The third-order valence-corrected chi connectivity index (χ3v) is 3.47. The van der Waals surface area contributed by atoms with Gasteiger partial charge in [0.25, 0.3) is 5.91 Å². The smallest absolute Gasteiger partial charge is 0.433 e. The molecule has 0 unspecified atom stereocenters. The van der Waals surface area contributed by atoms with Gasteiger partial charge in [0.1, 0.15) is 11.3 Å². The Hall–Kier alpha value is -2.97. The summed E-state index contributed by atoms with van der Waals surface area (Å²) in [5.41, 5.74) is -0.850. The molecule has 0 saturated carbocycles. The average Bonchev–Trinajstić information content (AvgIpc) is 2.61. The Morgan fingerprint density at radius 2 is 1.92 bits per heavy atom. The number of carbonyl (C=O) groups is 2. The maximum absolute atomic E-state index is 12.8. The SMILES string of the molecule is CCCc1nc(C(F)(F)F)ccc1C(=O)Nc1ccncc1C(=O)OC. The lowest BCUT2D eigenvalue weighted by molar-refractivity contribution is -0.141. The summed E-state index contributed by atoms with van der Waals surface area (Å²) < 4.78 is 43.2. The van der Waals surface area contributed by atoms with E-state index in [4.69, 9.17) is 0 Å². The molecule has 0 aliphatic rings. The van der Waals surface area contributed by atoms with Gasteiger partial charge in [-0.1, -0.05) is 13.3 Å². The molecule has 0 radical (unpaired) electrons. The number of alkyl halides is 3. The Labute approximate surface area is 147 Å². The van der Waals surface area contributed by atoms with Gasteiger partial charge in [0.05, 0.1) is 24.1 Å². The fourth-order valence-corrected chi connectivity index (χ4v) is 2.26. The van der Waals surface area contributed by atoms with Crippen molar-refractivity contribution in [2.24, 2.45) is 0 Å². The van der Waals surface area contributed by atoms with Crippen LogP contribution in [0.25, 0.3) is 0 Å². The number of ether oxygens (including phenoxy) is 1. The number of halogens is 3. The number of esters is 1. The van der Waals surface area contributed by atoms with Crippen molar-refractivity contribution >= 4 is 17.6 Å². The monoisotopic (exact) mass is 367 g/mol. The minimum Gasteiger partial charge on any atom is -0.465 e. The predicted octanol–water partition coefficient (Wildman–Crippen LogP) is 3.49. The molecular formula is C17H16F3N3O3. The largest absolute Gasteiger partial charge is 0.465 e. The van der Waals surface area contributed by atoms with Crippen LogP contribution in [0, 0.1) is 0 Å². The summed E-state index contributed by atoms with van der Waals surface area (Å²) in [5, 5.41) is 2.50. The fourth-order valence-electron chi connectivity index (χ4n) is 2.26. The quantitative estimate of drug-likeness (QED) is 0.818. The van der Waals surface area contributed by atoms with Crippen molar-refractivity contribution in [3.8, 4) is 0 Å². The number of carbonyl (C=O) groups excluding carboxylic acids is 2. The molecule has 2 heterocycles. The summed E-state index contributed by atoms with van der Waals surface area (Å²) in [4.78, 5) is 31.6. The van der Waals surface area contributed by atoms with Gasteiger partial charge >= 0.3 is 12.1 Å². The summed E-state index contributed by atoms with van der Waals surface area (Å²) in [6.45, 7) is 1.77. The molecule has 0 saturated heterocycles. The highest BCUT2D eigenvalue weighted by atomic mass is 19.4. The van der Waals surface area contributed by atoms with Crippen molar-refractivity contribution < 1.29 is 27.5 Å². The Bertz CT molecular complexity index is 822. The second kappa shape index (κ2) is 7.94. The van der Waals surface area contributed by atoms with E-state index in [-0.39, 0.29) is 28.9 Å². The summed E-state index contributed by atoms with van der Waals surface area (Å²) in [5.74, 6) is -1.38. The third-order valence-electron chi connectivity index (χ3n) is 3.47. The summed E-state index contributed by atoms with van der Waals surface area (Å²) in [6, 6.07) is 3.22. The highest BCUT2D eigenvalue weighted by Crippen LogP contribution is 2.29. The van der Waals surface area contributed by atoms with Crippen molar-refractivity contribution in [1.29, 1.82) is 0 Å². The first-order chi connectivity index (χ1) is 12.3. The van der Waals surface area contributed by atoms with Gasteiger partial charge in [0.15, 0.2) is 0 Å². The molecule has 9 heteroatoms. The zero-order chi connectivity index (χ0) is 19.3. The number of aryl methyl sites for hydroxylation is 1. The molecule has 2 rings (SSSR count). The van der Waals surface area contributed by atoms with Crippen LogP contribution in [0.4, 0.5) is 18.9 Å². The number of anilines is 1. The van der Waals surface area contributed by atoms with Crippen LogP contribution in [0.2, 0.25) is 0 Å². The molecule has 0 aliphatic heterocycles. The Kier molecular flexibility index (Phi) is 5.91. The molecule has 6 nitrogen and oxygen atoms in total. The Morgan fingerprint density at radius 1 is 1.19 bits per heavy atom. The van der Waals surface area contributed by atoms with Crippen LogP contribution in [0.5, 0.6) is 0 Å². The van der Waals surface area contributed by atoms with Crippen molar-refractivity contribution in [2.75, 3.05) is 12.4 Å². The number of amides is 1. The van der Waals surface area contributed by atoms with Gasteiger partial charge in [-0.25, -0.2) is 9.78 Å². The highest BCUT2D eigenvalue weighted by Gasteiger charge is 2.33. The van der Waals surface area contributed by atoms with Gasteiger partial charge in [-0.15, -0.1) is 0 Å². The van der Waals surface area contributed by atoms with Crippen molar-refractivity contribution in [3.63, 3.8) is 0 Å². The van der Waals surface area contributed by atoms with Gasteiger partial charge in [-0.2, -0.15) is 13.2 Å². The molecule has 2 aromatic heterocycles. The lowest BCUT2D eigenvalue weighted by Crippen LogP contribution is -2.19. The van der Waals surface area contributed by atoms with E-state index >= 15 is 0 Å². The van der Waals surface area contributed by atoms with E-state index in [1.165, 1.54) is 25.6 Å². The van der Waals surface area contributed by atoms with Crippen molar-refractivity contribution in [1.82, 2.24) is 9.97 Å². The Balaban J connectivity index is 2.37. The van der Waals surface area contributed by atoms with Gasteiger partial charge < -0.3 is 10.1 Å². The molecule has 0 aromatic carbocycles. The molecule has 0 fully saturated rings. The van der Waals surface area contributed by atoms with E-state index in [2.05, 4.69) is 20.0 Å². The molecule has 2 aromatic rings. The van der Waals surface area contributed by atoms with Crippen molar-refractivity contribution in [2.45, 2.75) is 25.9 Å². The molecule has 0 spiro atoms. The number of hydrogen-bond donors (Lipinski definition) is 1. The molecule has 0 aliphatic carbocycles. The van der Waals surface area contributed by atoms with Gasteiger partial charge in [0.2, 0.25) is 0 Å². The molecular weight excluding hydrogens is 351 g/mol. The maximum Gasteiger partial charge on any atom is 0.433 e. The number of methoxy groups -OCH3 is 1. The van der Waals surface area contributed by atoms with Crippen LogP contribution >= 0.6 is 0 Å². The van der Waals surface area contributed by atoms with Crippen LogP contribution in [-0.2, 0) is 17.3 Å². The number of nitrogens with one attached hydrogen (secondary N) is 1. The van der Waals surface area contributed by atoms with E-state index in [0.717, 1.165) is 12.1 Å². The van der Waals surface area contributed by atoms with Gasteiger partial charge in [-0.05, 0) is 24.6 Å². The average molecular weight is 367 g/mol. The zero-order valence-corrected chi connectivity index (χ0v) is 14.1. The third kappa shape index (κ3) is 4.35. The first-order valence-electron chi connectivity index (χ1n) is 7.68. The first-order valence-corrected chi connectivity index (χ1v) is 7.68. The van der Waals surface area contributed by atoms with Gasteiger partial charge in [0, 0.05) is 12.4 Å². The standard InChI is InChI=1S/C17H16F3N3O3/c1-3-4-12-10(5-6-14(22-12)17(18,19)20)15(24)23-13-7-8-21-9-11(13)16(25)26-2/h5-9H,3-4H2,1-2H3,(H,21,23,24). The summed E-state index contributed by atoms with van der Waals surface area (Å²) in [6.07, 6.45) is -1.30. The lowest BCUT2D eigenvalue weighted by atomic mass is 10.1. The van der Waals surface area contributed by atoms with Crippen molar-refractivity contribution in [3.05, 3.63) is 53.1 Å². The number of rotatable bonds is 5. The molecule has 0 bridgehead atoms. The van der Waals surface area contributed by atoms with E-state index < -0.39 is 23.7 Å². The second-order valence-corrected chi connectivity index (χ2v) is 5.31. The first kappa shape index (κ1) is 19.4. The molecule has 1 amide bonds. The number of hydrogen-bond acceptors (Lipinski definition) is 5. The van der Waals surface area contributed by atoms with E-state index in [0.29, 0.717) is 6.42 Å². The van der Waals surface area contributed by atoms with Gasteiger partial charge in [-0.3, -0.25) is 9.78 Å². The Morgan fingerprint density at radius 3 is 2.54 bits per heavy atom. The van der Waals surface area contributed by atoms with Crippen LogP contribution in [-0.4, -0.2) is 29.0 Å². The summed E-state index contributed by atoms with van der Waals surface area (Å²) >= 11 is 0. The molecule has 1 N–H and O–H groups in total. The van der Waals surface area contributed by atoms with Crippen LogP contribution in [0.1, 0.15) is 45.4 Å². The minimum absolute atomic E-state index is 0.00692. The van der Waals surface area contributed by atoms with E-state index in [1.54, 1.807) is 6.92 Å². The summed E-state index contributed by atoms with van der Waals surface area (Å²) in [7, 11) is 1.18. The fraction of sp³-hybridized carbons (Fsp3) is 0.294. The van der Waals surface area contributed by atoms with Crippen LogP contribution in [0.15, 0.2) is 30.6 Å². The molecule has 26 heavy (non-hydrogen) atoms. The lowest BCUT2D eigenvalue weighted by Gasteiger charge is -2.13. The maximum atomic E-state index is 12.8. The normalized spacial score (nSPS) is 11.1. The minimum atomic E-state index is -4.60. The van der Waals surface area contributed by atoms with E-state index in [1.807, 2.05) is 0 Å². The number of aromatic nitrogens is 2.